The number of rotatable bonds is 6. The van der Waals surface area contributed by atoms with Gasteiger partial charge in [0.15, 0.2) is 17.7 Å². The zero-order valence-electron chi connectivity index (χ0n) is 24.8. The third-order valence-corrected chi connectivity index (χ3v) is 13.7. The van der Waals surface area contributed by atoms with Gasteiger partial charge in [0.25, 0.3) is 0 Å². The van der Waals surface area contributed by atoms with Gasteiger partial charge in [0.05, 0.1) is 18.1 Å². The summed E-state index contributed by atoms with van der Waals surface area (Å²) < 4.78 is 18.5. The number of ketones is 1. The van der Waals surface area contributed by atoms with E-state index in [2.05, 4.69) is 25.7 Å². The van der Waals surface area contributed by atoms with Gasteiger partial charge < -0.3 is 19.3 Å². The molecule has 7 aliphatic rings. The lowest BCUT2D eigenvalue weighted by atomic mass is 9.41. The topological polar surface area (TPSA) is 85.3 Å². The molecule has 7 bridgehead atoms. The summed E-state index contributed by atoms with van der Waals surface area (Å²) >= 11 is 0. The molecule has 1 spiro atoms. The molecule has 218 valence electrons. The predicted octanol–water partition coefficient (Wildman–Crippen LogP) is 4.83. The molecule has 0 aromatic carbocycles. The van der Waals surface area contributed by atoms with Crippen molar-refractivity contribution in [3.63, 3.8) is 0 Å². The molecule has 2 aliphatic carbocycles. The molecule has 8 unspecified atom stereocenters. The van der Waals surface area contributed by atoms with Gasteiger partial charge in [0.1, 0.15) is 6.23 Å². The fraction of sp³-hybridized carbons (Fsp3) is 0.938. The van der Waals surface area contributed by atoms with E-state index in [1.165, 1.54) is 13.3 Å². The Hall–Kier alpha value is -1.02. The number of hydrogen-bond acceptors (Lipinski definition) is 7. The van der Waals surface area contributed by atoms with Crippen LogP contribution in [0, 0.1) is 39.9 Å². The molecule has 0 amide bonds. The number of ether oxygens (including phenoxy) is 3. The number of aliphatic hydroxyl groups is 1. The summed E-state index contributed by atoms with van der Waals surface area (Å²) in [5, 5.41) is 12.0. The highest BCUT2D eigenvalue weighted by Gasteiger charge is 2.82. The predicted molar refractivity (Wildman–Crippen MR) is 144 cm³/mol. The zero-order chi connectivity index (χ0) is 27.8. The molecule has 0 radical (unpaired) electrons. The molecular weight excluding hydrogens is 494 g/mol. The molecule has 5 saturated heterocycles. The Morgan fingerprint density at radius 2 is 1.82 bits per heavy atom. The van der Waals surface area contributed by atoms with Gasteiger partial charge in [-0.05, 0) is 88.4 Å². The lowest BCUT2D eigenvalue weighted by Gasteiger charge is -2.68. The average molecular weight is 544 g/mol. The second-order valence-corrected chi connectivity index (χ2v) is 15.5. The van der Waals surface area contributed by atoms with Crippen LogP contribution in [0.2, 0.25) is 0 Å². The largest absolute Gasteiger partial charge is 0.454 e. The van der Waals surface area contributed by atoms with E-state index in [0.29, 0.717) is 30.8 Å². The summed E-state index contributed by atoms with van der Waals surface area (Å²) in [6.45, 7) is 12.8. The van der Waals surface area contributed by atoms with E-state index in [-0.39, 0.29) is 40.2 Å². The van der Waals surface area contributed by atoms with Crippen molar-refractivity contribution in [1.82, 2.24) is 4.90 Å². The quantitative estimate of drug-likeness (QED) is 0.480. The Bertz CT molecular complexity index is 1080. The van der Waals surface area contributed by atoms with Crippen molar-refractivity contribution >= 4 is 11.8 Å². The molecule has 39 heavy (non-hydrogen) atoms. The molecule has 5 aliphatic heterocycles. The van der Waals surface area contributed by atoms with Crippen LogP contribution < -0.4 is 0 Å². The summed E-state index contributed by atoms with van der Waals surface area (Å²) in [6, 6.07) is 0.209. The number of aliphatic hydroxyl groups excluding tert-OH is 1. The number of carbonyl (C=O) groups excluding carboxylic acids is 2. The van der Waals surface area contributed by atoms with Crippen LogP contribution in [-0.2, 0) is 23.8 Å². The Morgan fingerprint density at radius 1 is 1.05 bits per heavy atom. The Morgan fingerprint density at radius 3 is 2.54 bits per heavy atom. The van der Waals surface area contributed by atoms with E-state index in [0.717, 1.165) is 51.4 Å². The number of piperidine rings is 2. The third kappa shape index (κ3) is 3.14. The molecule has 7 nitrogen and oxygen atoms in total. The average Bonchev–Trinajstić information content (AvgIpc) is 3.48. The minimum Gasteiger partial charge on any atom is -0.454 e. The highest BCUT2D eigenvalue weighted by atomic mass is 16.7. The normalized spacial score (nSPS) is 55.5. The number of nitrogens with zero attached hydrogens (tertiary/aromatic N) is 1. The van der Waals surface area contributed by atoms with Crippen LogP contribution in [0.1, 0.15) is 106 Å². The van der Waals surface area contributed by atoms with E-state index >= 15 is 0 Å². The maximum atomic E-state index is 14.7. The van der Waals surface area contributed by atoms with Crippen molar-refractivity contribution in [2.45, 2.75) is 142 Å². The Balaban J connectivity index is 1.35. The molecule has 7 heteroatoms. The maximum absolute atomic E-state index is 14.7. The zero-order valence-corrected chi connectivity index (χ0v) is 24.8. The minimum atomic E-state index is -0.848. The first-order chi connectivity index (χ1) is 18.3. The van der Waals surface area contributed by atoms with Crippen LogP contribution in [0.5, 0.6) is 0 Å². The van der Waals surface area contributed by atoms with Crippen molar-refractivity contribution in [3.05, 3.63) is 0 Å². The van der Waals surface area contributed by atoms with E-state index in [1.807, 2.05) is 13.8 Å². The van der Waals surface area contributed by atoms with Crippen molar-refractivity contribution in [3.8, 4) is 0 Å². The van der Waals surface area contributed by atoms with Gasteiger partial charge in [-0.15, -0.1) is 0 Å². The number of fused-ring (bicyclic) bond motifs is 4. The van der Waals surface area contributed by atoms with Crippen LogP contribution in [0.4, 0.5) is 0 Å². The van der Waals surface area contributed by atoms with E-state index in [9.17, 15) is 14.7 Å². The Labute approximate surface area is 233 Å². The first kappa shape index (κ1) is 26.9. The number of hydrogen-bond donors (Lipinski definition) is 1. The number of carbonyl (C=O) groups is 2. The molecule has 1 N–H and O–H groups in total. The fourth-order valence-electron chi connectivity index (χ4n) is 12.0. The minimum absolute atomic E-state index is 0.00781. The molecule has 0 aromatic rings. The maximum Gasteiger partial charge on any atom is 0.303 e. The summed E-state index contributed by atoms with van der Waals surface area (Å²) in [5.41, 5.74) is -1.12. The molecule has 0 aromatic heterocycles. The molecule has 13 atom stereocenters. The molecule has 5 heterocycles. The Kier molecular flexibility index (Phi) is 5.71. The van der Waals surface area contributed by atoms with E-state index < -0.39 is 29.5 Å². The van der Waals surface area contributed by atoms with Crippen molar-refractivity contribution in [1.29, 1.82) is 0 Å². The van der Waals surface area contributed by atoms with Crippen molar-refractivity contribution < 1.29 is 28.9 Å². The van der Waals surface area contributed by atoms with E-state index in [4.69, 9.17) is 14.2 Å². The standard InChI is InChI=1S/C32H49NO6/c1-18(2)20-9-13-29(5)21-10-15-31-12-7-8-23(31)32(29,25(20)33(31)27(21)36)16-22(38-19(3)34)26(35)28(4)17-37-30(6)14-11-24(28)39-30/h18,20-25,27,36H,7-17H2,1-6H3/t20-,21?,22+,23-,24?,25?,27+,28?,29?,30?,31-,32?/m1/s1. The second-order valence-electron chi connectivity index (χ2n) is 15.5. The molecule has 2 saturated carbocycles. The van der Waals surface area contributed by atoms with Gasteiger partial charge in [-0.1, -0.05) is 27.2 Å². The number of esters is 1. The highest BCUT2D eigenvalue weighted by molar-refractivity contribution is 5.91. The summed E-state index contributed by atoms with van der Waals surface area (Å²) in [7, 11) is 0. The smallest absolute Gasteiger partial charge is 0.303 e. The van der Waals surface area contributed by atoms with Crippen LogP contribution in [0.3, 0.4) is 0 Å². The van der Waals surface area contributed by atoms with Gasteiger partial charge in [0.2, 0.25) is 0 Å². The second kappa shape index (κ2) is 8.29. The third-order valence-electron chi connectivity index (χ3n) is 13.7. The van der Waals surface area contributed by atoms with Gasteiger partial charge in [0, 0.05) is 36.3 Å². The lowest BCUT2D eigenvalue weighted by Crippen LogP contribution is -2.72. The monoisotopic (exact) mass is 543 g/mol. The molecular formula is C32H49NO6. The van der Waals surface area contributed by atoms with Crippen molar-refractivity contribution in [2.75, 3.05) is 6.61 Å². The summed E-state index contributed by atoms with van der Waals surface area (Å²) in [4.78, 5) is 29.9. The summed E-state index contributed by atoms with van der Waals surface area (Å²) in [6.07, 6.45) is 8.51. The van der Waals surface area contributed by atoms with E-state index in [1.54, 1.807) is 0 Å². The van der Waals surface area contributed by atoms with Crippen LogP contribution in [0.15, 0.2) is 0 Å². The van der Waals surface area contributed by atoms with Gasteiger partial charge in [-0.3, -0.25) is 14.5 Å². The highest BCUT2D eigenvalue weighted by Crippen LogP contribution is 2.80. The summed E-state index contributed by atoms with van der Waals surface area (Å²) in [5.74, 6) is 0.498. The molecule has 7 fully saturated rings. The SMILES string of the molecule is CC(=O)O[C@@H](CC12C3[C@@H](C(C)C)CCC1(C)C1CC[C@@]4(CCC[C@@H]24)N3[C@H]1O)C(=O)C1(C)COC2(C)CCC1O2. The number of Topliss-reactive ketones (excluding diaryl/α,β-unsaturated/α-hetero) is 1. The first-order valence-corrected chi connectivity index (χ1v) is 15.8. The fourth-order valence-corrected chi connectivity index (χ4v) is 12.0. The van der Waals surface area contributed by atoms with Crippen LogP contribution in [0.25, 0.3) is 0 Å². The van der Waals surface area contributed by atoms with Gasteiger partial charge >= 0.3 is 5.97 Å². The van der Waals surface area contributed by atoms with Crippen LogP contribution >= 0.6 is 0 Å². The van der Waals surface area contributed by atoms with Gasteiger partial charge in [-0.2, -0.15) is 0 Å². The van der Waals surface area contributed by atoms with Crippen LogP contribution in [-0.4, -0.2) is 64.2 Å². The molecule has 7 rings (SSSR count). The van der Waals surface area contributed by atoms with Gasteiger partial charge in [-0.25, -0.2) is 0 Å². The van der Waals surface area contributed by atoms with Crippen molar-refractivity contribution in [2.24, 2.45) is 39.9 Å². The lowest BCUT2D eigenvalue weighted by molar-refractivity contribution is -0.285. The first-order valence-electron chi connectivity index (χ1n) is 15.8.